The first-order valence-electron chi connectivity index (χ1n) is 4.02. The van der Waals surface area contributed by atoms with E-state index >= 15 is 0 Å². The molecular formula is C11H10ClNO. The third-order valence-electron chi connectivity index (χ3n) is 1.75. The van der Waals surface area contributed by atoms with Gasteiger partial charge in [0.1, 0.15) is 0 Å². The van der Waals surface area contributed by atoms with Gasteiger partial charge in [-0.15, -0.1) is 0 Å². The van der Waals surface area contributed by atoms with Gasteiger partial charge in [-0.1, -0.05) is 43.5 Å². The predicted molar refractivity (Wildman–Crippen MR) is 60.0 cm³/mol. The quantitative estimate of drug-likeness (QED) is 0.598. The number of rotatable bonds is 3. The molecule has 0 saturated carbocycles. The van der Waals surface area contributed by atoms with Gasteiger partial charge in [0.15, 0.2) is 0 Å². The van der Waals surface area contributed by atoms with Crippen molar-refractivity contribution >= 4 is 28.7 Å². The molecule has 72 valence electrons. The fraction of sp³-hybridized carbons (Fsp3) is 0. The zero-order valence-electron chi connectivity index (χ0n) is 7.59. The zero-order chi connectivity index (χ0) is 10.6. The summed E-state index contributed by atoms with van der Waals surface area (Å²) in [6, 6.07) is 7.46. The van der Waals surface area contributed by atoms with E-state index in [-0.39, 0.29) is 0 Å². The maximum absolute atomic E-state index is 10.6. The summed E-state index contributed by atoms with van der Waals surface area (Å²) >= 11 is 5.18. The molecule has 1 aromatic rings. The van der Waals surface area contributed by atoms with E-state index in [4.69, 9.17) is 11.6 Å². The Hall–Kier alpha value is -1.54. The van der Waals surface area contributed by atoms with Gasteiger partial charge in [0.05, 0.1) is 0 Å². The van der Waals surface area contributed by atoms with Crippen molar-refractivity contribution in [2.75, 3.05) is 0 Å². The summed E-state index contributed by atoms with van der Waals surface area (Å²) in [5, 5.41) is 1.77. The molecule has 14 heavy (non-hydrogen) atoms. The summed E-state index contributed by atoms with van der Waals surface area (Å²) in [6.07, 6.45) is 1.70. The van der Waals surface area contributed by atoms with E-state index in [0.29, 0.717) is 5.70 Å². The molecule has 0 spiro atoms. The van der Waals surface area contributed by atoms with Crippen LogP contribution >= 0.6 is 11.6 Å². The zero-order valence-corrected chi connectivity index (χ0v) is 8.34. The Kier molecular flexibility index (Phi) is 3.48. The van der Waals surface area contributed by atoms with Crippen LogP contribution in [0, 0.1) is 0 Å². The van der Waals surface area contributed by atoms with Crippen molar-refractivity contribution < 1.29 is 4.79 Å². The van der Waals surface area contributed by atoms with Crippen LogP contribution in [0.3, 0.4) is 0 Å². The Morgan fingerprint density at radius 3 is 2.64 bits per heavy atom. The van der Waals surface area contributed by atoms with Crippen molar-refractivity contribution in [2.45, 2.75) is 0 Å². The summed E-state index contributed by atoms with van der Waals surface area (Å²) in [5.41, 5.74) is 2.19. The molecule has 0 saturated heterocycles. The van der Waals surface area contributed by atoms with E-state index in [0.717, 1.165) is 11.1 Å². The standard InChI is InChI=1S/C11H10ClNO/c1-3-9-6-4-5-7-10(9)8(2)13-11(12)14/h3-7H,1-2H2,(H,13,14). The molecule has 0 heterocycles. The van der Waals surface area contributed by atoms with Gasteiger partial charge in [0.25, 0.3) is 0 Å². The lowest BCUT2D eigenvalue weighted by Crippen LogP contribution is -2.14. The number of halogens is 1. The summed E-state index contributed by atoms with van der Waals surface area (Å²) in [6.45, 7) is 7.38. The Labute approximate surface area is 87.9 Å². The van der Waals surface area contributed by atoms with E-state index in [1.165, 1.54) is 0 Å². The van der Waals surface area contributed by atoms with E-state index < -0.39 is 5.37 Å². The van der Waals surface area contributed by atoms with Crippen molar-refractivity contribution in [1.29, 1.82) is 0 Å². The van der Waals surface area contributed by atoms with Gasteiger partial charge in [0, 0.05) is 11.3 Å². The highest BCUT2D eigenvalue weighted by Crippen LogP contribution is 2.16. The molecule has 1 amide bonds. The average molecular weight is 208 g/mol. The average Bonchev–Trinajstić information content (AvgIpc) is 2.16. The third kappa shape index (κ3) is 2.47. The number of carbonyl (C=O) groups excluding carboxylic acids is 1. The van der Waals surface area contributed by atoms with Crippen LogP contribution in [0.5, 0.6) is 0 Å². The monoisotopic (exact) mass is 207 g/mol. The molecule has 0 aliphatic rings. The topological polar surface area (TPSA) is 29.1 Å². The number of nitrogens with one attached hydrogen (secondary N) is 1. The van der Waals surface area contributed by atoms with Crippen LogP contribution < -0.4 is 5.32 Å². The second-order valence-corrected chi connectivity index (χ2v) is 3.01. The maximum Gasteiger partial charge on any atom is 0.318 e. The Bertz CT molecular complexity index is 385. The lowest BCUT2D eigenvalue weighted by Gasteiger charge is -2.08. The molecule has 1 rings (SSSR count). The summed E-state index contributed by atoms with van der Waals surface area (Å²) in [7, 11) is 0. The number of amides is 1. The molecule has 0 aliphatic heterocycles. The first kappa shape index (κ1) is 10.5. The van der Waals surface area contributed by atoms with Gasteiger partial charge < -0.3 is 5.32 Å². The second kappa shape index (κ2) is 4.63. The maximum atomic E-state index is 10.6. The van der Waals surface area contributed by atoms with Crippen molar-refractivity contribution in [3.8, 4) is 0 Å². The molecule has 3 heteroatoms. The smallest absolute Gasteiger partial charge is 0.312 e. The summed E-state index contributed by atoms with van der Waals surface area (Å²) in [5.74, 6) is 0. The van der Waals surface area contributed by atoms with Gasteiger partial charge in [-0.25, -0.2) is 0 Å². The van der Waals surface area contributed by atoms with Crippen LogP contribution in [0.15, 0.2) is 37.4 Å². The van der Waals surface area contributed by atoms with Crippen LogP contribution in [0.25, 0.3) is 11.8 Å². The Balaban J connectivity index is 2.99. The first-order valence-corrected chi connectivity index (χ1v) is 4.40. The minimum absolute atomic E-state index is 0.473. The molecule has 0 fully saturated rings. The molecular weight excluding hydrogens is 198 g/mol. The number of carbonyl (C=O) groups is 1. The molecule has 0 aliphatic carbocycles. The lowest BCUT2D eigenvalue weighted by atomic mass is 10.1. The van der Waals surface area contributed by atoms with Gasteiger partial charge in [0.2, 0.25) is 0 Å². The number of hydrogen-bond acceptors (Lipinski definition) is 1. The minimum Gasteiger partial charge on any atom is -0.312 e. The normalized spacial score (nSPS) is 9.21. The van der Waals surface area contributed by atoms with E-state index in [1.807, 2.05) is 24.3 Å². The molecule has 0 atom stereocenters. The largest absolute Gasteiger partial charge is 0.318 e. The fourth-order valence-corrected chi connectivity index (χ4v) is 1.25. The summed E-state index contributed by atoms with van der Waals surface area (Å²) < 4.78 is 0. The van der Waals surface area contributed by atoms with Crippen LogP contribution in [-0.2, 0) is 0 Å². The number of benzene rings is 1. The molecule has 1 aromatic carbocycles. The molecule has 0 radical (unpaired) electrons. The number of hydrogen-bond donors (Lipinski definition) is 1. The second-order valence-electron chi connectivity index (χ2n) is 2.67. The fourth-order valence-electron chi connectivity index (χ4n) is 1.14. The molecule has 2 nitrogen and oxygen atoms in total. The van der Waals surface area contributed by atoms with Gasteiger partial charge in [-0.05, 0) is 17.2 Å². The lowest BCUT2D eigenvalue weighted by molar-refractivity contribution is 0.263. The Morgan fingerprint density at radius 1 is 1.43 bits per heavy atom. The van der Waals surface area contributed by atoms with Crippen molar-refractivity contribution in [3.05, 3.63) is 48.6 Å². The van der Waals surface area contributed by atoms with Crippen LogP contribution in [0.1, 0.15) is 11.1 Å². The van der Waals surface area contributed by atoms with Crippen LogP contribution in [0.2, 0.25) is 0 Å². The van der Waals surface area contributed by atoms with E-state index in [1.54, 1.807) is 6.08 Å². The highest BCUT2D eigenvalue weighted by molar-refractivity contribution is 6.63. The van der Waals surface area contributed by atoms with Crippen LogP contribution in [-0.4, -0.2) is 5.37 Å². The van der Waals surface area contributed by atoms with Gasteiger partial charge in [-0.3, -0.25) is 4.79 Å². The van der Waals surface area contributed by atoms with Crippen molar-refractivity contribution in [3.63, 3.8) is 0 Å². The first-order chi connectivity index (χ1) is 6.65. The third-order valence-corrected chi connectivity index (χ3v) is 1.85. The highest BCUT2D eigenvalue weighted by atomic mass is 35.5. The summed E-state index contributed by atoms with van der Waals surface area (Å²) in [4.78, 5) is 10.6. The van der Waals surface area contributed by atoms with Gasteiger partial charge in [-0.2, -0.15) is 0 Å². The Morgan fingerprint density at radius 2 is 2.07 bits per heavy atom. The van der Waals surface area contributed by atoms with Crippen molar-refractivity contribution in [2.24, 2.45) is 0 Å². The van der Waals surface area contributed by atoms with E-state index in [2.05, 4.69) is 18.5 Å². The van der Waals surface area contributed by atoms with Gasteiger partial charge >= 0.3 is 5.37 Å². The van der Waals surface area contributed by atoms with Crippen LogP contribution in [0.4, 0.5) is 4.79 Å². The molecule has 0 aromatic heterocycles. The van der Waals surface area contributed by atoms with E-state index in [9.17, 15) is 4.79 Å². The SMILES string of the molecule is C=Cc1ccccc1C(=C)NC(=O)Cl. The van der Waals surface area contributed by atoms with Crippen molar-refractivity contribution in [1.82, 2.24) is 5.32 Å². The molecule has 0 unspecified atom stereocenters. The molecule has 0 bridgehead atoms. The predicted octanol–water partition coefficient (Wildman–Crippen LogP) is 3.25. The minimum atomic E-state index is -0.645. The molecule has 1 N–H and O–H groups in total. The highest BCUT2D eigenvalue weighted by Gasteiger charge is 2.04.